The molecule has 0 aliphatic heterocycles. The van der Waals surface area contributed by atoms with Crippen LogP contribution in [0.15, 0.2) is 22.7 Å². The second kappa shape index (κ2) is 7.27. The number of rotatable bonds is 5. The van der Waals surface area contributed by atoms with Crippen molar-refractivity contribution in [2.75, 3.05) is 20.6 Å². The lowest BCUT2D eigenvalue weighted by Crippen LogP contribution is -2.45. The van der Waals surface area contributed by atoms with Crippen LogP contribution in [0.2, 0.25) is 5.02 Å². The smallest absolute Gasteiger partial charge is 0.252 e. The Morgan fingerprint density at radius 3 is 2.53 bits per heavy atom. The maximum absolute atomic E-state index is 12.3. The minimum atomic E-state index is -0.0795. The number of carbonyl (C=O) groups is 1. The van der Waals surface area contributed by atoms with Gasteiger partial charge in [0.1, 0.15) is 0 Å². The number of benzene rings is 1. The van der Waals surface area contributed by atoms with Crippen LogP contribution in [0.1, 0.15) is 24.2 Å². The highest BCUT2D eigenvalue weighted by Crippen LogP contribution is 2.21. The van der Waals surface area contributed by atoms with E-state index in [4.69, 9.17) is 11.6 Å². The quantitative estimate of drug-likeness (QED) is 0.885. The van der Waals surface area contributed by atoms with Crippen LogP contribution in [-0.4, -0.2) is 37.5 Å². The van der Waals surface area contributed by atoms with Crippen molar-refractivity contribution < 1.29 is 4.79 Å². The molecule has 0 saturated carbocycles. The molecule has 0 radical (unpaired) electrons. The van der Waals surface area contributed by atoms with Crippen molar-refractivity contribution in [2.24, 2.45) is 5.92 Å². The lowest BCUT2D eigenvalue weighted by Gasteiger charge is -2.25. The maximum atomic E-state index is 12.3. The van der Waals surface area contributed by atoms with Crippen LogP contribution < -0.4 is 5.32 Å². The van der Waals surface area contributed by atoms with E-state index in [0.29, 0.717) is 21.0 Å². The van der Waals surface area contributed by atoms with Gasteiger partial charge in [-0.3, -0.25) is 4.79 Å². The molecule has 1 rings (SSSR count). The average molecular weight is 348 g/mol. The SMILES string of the molecule is CC(C)C(CN(C)C)NC(=O)c1ccc(Cl)cc1Br. The Morgan fingerprint density at radius 2 is 2.05 bits per heavy atom. The number of amides is 1. The van der Waals surface area contributed by atoms with Gasteiger partial charge in [-0.25, -0.2) is 0 Å². The molecule has 106 valence electrons. The molecule has 5 heteroatoms. The van der Waals surface area contributed by atoms with E-state index in [2.05, 4.69) is 40.0 Å². The van der Waals surface area contributed by atoms with Gasteiger partial charge in [-0.1, -0.05) is 25.4 Å². The molecule has 0 bridgehead atoms. The van der Waals surface area contributed by atoms with Crippen molar-refractivity contribution in [1.82, 2.24) is 10.2 Å². The fourth-order valence-corrected chi connectivity index (χ4v) is 2.60. The van der Waals surface area contributed by atoms with E-state index in [-0.39, 0.29) is 11.9 Å². The maximum Gasteiger partial charge on any atom is 0.252 e. The highest BCUT2D eigenvalue weighted by atomic mass is 79.9. The Balaban J connectivity index is 2.81. The summed E-state index contributed by atoms with van der Waals surface area (Å²) in [4.78, 5) is 14.3. The molecule has 1 atom stereocenters. The van der Waals surface area contributed by atoms with Gasteiger partial charge in [-0.15, -0.1) is 0 Å². The van der Waals surface area contributed by atoms with Gasteiger partial charge in [0.15, 0.2) is 0 Å². The number of nitrogens with one attached hydrogen (secondary N) is 1. The number of hydrogen-bond acceptors (Lipinski definition) is 2. The fraction of sp³-hybridized carbons (Fsp3) is 0.500. The zero-order valence-corrected chi connectivity index (χ0v) is 14.0. The van der Waals surface area contributed by atoms with Gasteiger partial charge in [-0.2, -0.15) is 0 Å². The predicted molar refractivity (Wildman–Crippen MR) is 83.8 cm³/mol. The summed E-state index contributed by atoms with van der Waals surface area (Å²) in [6, 6.07) is 5.30. The third-order valence-corrected chi connectivity index (χ3v) is 3.75. The highest BCUT2D eigenvalue weighted by Gasteiger charge is 2.19. The minimum absolute atomic E-state index is 0.0795. The number of nitrogens with zero attached hydrogens (tertiary/aromatic N) is 1. The van der Waals surface area contributed by atoms with Crippen LogP contribution in [0.4, 0.5) is 0 Å². The van der Waals surface area contributed by atoms with Gasteiger partial charge >= 0.3 is 0 Å². The number of hydrogen-bond donors (Lipinski definition) is 1. The van der Waals surface area contributed by atoms with E-state index >= 15 is 0 Å². The van der Waals surface area contributed by atoms with Gasteiger partial charge in [0.2, 0.25) is 0 Å². The van der Waals surface area contributed by atoms with Gasteiger partial charge in [0.25, 0.3) is 5.91 Å². The number of carbonyl (C=O) groups excluding carboxylic acids is 1. The molecule has 1 aromatic carbocycles. The molecule has 0 heterocycles. The molecule has 1 N–H and O–H groups in total. The molecule has 0 aliphatic rings. The summed E-state index contributed by atoms with van der Waals surface area (Å²) in [7, 11) is 4.00. The first-order chi connectivity index (χ1) is 8.81. The Hall–Kier alpha value is -0.580. The standard InChI is InChI=1S/C14H20BrClN2O/c1-9(2)13(8-18(3)4)17-14(19)11-6-5-10(16)7-12(11)15/h5-7,9,13H,8H2,1-4H3,(H,17,19). The molecule has 0 aliphatic carbocycles. The zero-order chi connectivity index (χ0) is 14.6. The Kier molecular flexibility index (Phi) is 6.30. The average Bonchev–Trinajstić information content (AvgIpc) is 2.26. The normalized spacial score (nSPS) is 12.8. The lowest BCUT2D eigenvalue weighted by molar-refractivity contribution is 0.0916. The van der Waals surface area contributed by atoms with Crippen molar-refractivity contribution in [2.45, 2.75) is 19.9 Å². The highest BCUT2D eigenvalue weighted by molar-refractivity contribution is 9.10. The largest absolute Gasteiger partial charge is 0.348 e. The summed E-state index contributed by atoms with van der Waals surface area (Å²) in [5.41, 5.74) is 0.605. The second-order valence-corrected chi connectivity index (χ2v) is 6.50. The molecule has 19 heavy (non-hydrogen) atoms. The molecule has 0 saturated heterocycles. The van der Waals surface area contributed by atoms with Crippen molar-refractivity contribution in [3.63, 3.8) is 0 Å². The van der Waals surface area contributed by atoms with Crippen molar-refractivity contribution in [3.8, 4) is 0 Å². The molecule has 3 nitrogen and oxygen atoms in total. The van der Waals surface area contributed by atoms with E-state index in [1.54, 1.807) is 18.2 Å². The van der Waals surface area contributed by atoms with Gasteiger partial charge in [0.05, 0.1) is 5.56 Å². The van der Waals surface area contributed by atoms with Crippen molar-refractivity contribution in [1.29, 1.82) is 0 Å². The van der Waals surface area contributed by atoms with Crippen LogP contribution in [0.5, 0.6) is 0 Å². The van der Waals surface area contributed by atoms with Gasteiger partial charge < -0.3 is 10.2 Å². The van der Waals surface area contributed by atoms with Crippen LogP contribution in [0, 0.1) is 5.92 Å². The van der Waals surface area contributed by atoms with E-state index < -0.39 is 0 Å². The Labute approximate surface area is 128 Å². The summed E-state index contributed by atoms with van der Waals surface area (Å²) in [6.07, 6.45) is 0. The van der Waals surface area contributed by atoms with E-state index in [0.717, 1.165) is 6.54 Å². The molecular weight excluding hydrogens is 328 g/mol. The third-order valence-electron chi connectivity index (χ3n) is 2.86. The predicted octanol–water partition coefficient (Wildman–Crippen LogP) is 3.42. The molecule has 1 aromatic rings. The van der Waals surface area contributed by atoms with Crippen LogP contribution in [-0.2, 0) is 0 Å². The third kappa shape index (κ3) is 5.13. The lowest BCUT2D eigenvalue weighted by atomic mass is 10.0. The molecule has 0 aromatic heterocycles. The van der Waals surface area contributed by atoms with Crippen molar-refractivity contribution >= 4 is 33.4 Å². The first-order valence-corrected chi connectivity index (χ1v) is 7.39. The molecule has 1 unspecified atom stereocenters. The van der Waals surface area contributed by atoms with Gasteiger partial charge in [0, 0.05) is 22.1 Å². The van der Waals surface area contributed by atoms with Gasteiger partial charge in [-0.05, 0) is 54.1 Å². The Bertz CT molecular complexity index is 449. The van der Waals surface area contributed by atoms with E-state index in [1.807, 2.05) is 14.1 Å². The van der Waals surface area contributed by atoms with E-state index in [9.17, 15) is 4.79 Å². The summed E-state index contributed by atoms with van der Waals surface area (Å²) in [6.45, 7) is 5.02. The fourth-order valence-electron chi connectivity index (χ4n) is 1.74. The number of halogens is 2. The zero-order valence-electron chi connectivity index (χ0n) is 11.7. The van der Waals surface area contributed by atoms with Crippen LogP contribution in [0.25, 0.3) is 0 Å². The molecule has 0 spiro atoms. The summed E-state index contributed by atoms with van der Waals surface area (Å²) < 4.78 is 0.713. The molecule has 1 amide bonds. The summed E-state index contributed by atoms with van der Waals surface area (Å²) in [5.74, 6) is 0.293. The summed E-state index contributed by atoms with van der Waals surface area (Å²) in [5, 5.41) is 3.68. The van der Waals surface area contributed by atoms with Crippen LogP contribution in [0.3, 0.4) is 0 Å². The van der Waals surface area contributed by atoms with Crippen molar-refractivity contribution in [3.05, 3.63) is 33.3 Å². The monoisotopic (exact) mass is 346 g/mol. The van der Waals surface area contributed by atoms with E-state index in [1.165, 1.54) is 0 Å². The molecular formula is C14H20BrClN2O. The first kappa shape index (κ1) is 16.5. The molecule has 0 fully saturated rings. The minimum Gasteiger partial charge on any atom is -0.348 e. The summed E-state index contributed by atoms with van der Waals surface area (Å²) >= 11 is 9.25. The van der Waals surface area contributed by atoms with Crippen LogP contribution >= 0.6 is 27.5 Å². The number of likely N-dealkylation sites (N-methyl/N-ethyl adjacent to an activating group) is 1. The second-order valence-electron chi connectivity index (χ2n) is 5.21. The first-order valence-electron chi connectivity index (χ1n) is 6.22. The Morgan fingerprint density at radius 1 is 1.42 bits per heavy atom. The topological polar surface area (TPSA) is 32.3 Å².